The minimum atomic E-state index is -0.184. The number of carbonyl (C=O) groups is 1. The van der Waals surface area contributed by atoms with Crippen LogP contribution in [0.5, 0.6) is 5.75 Å². The second kappa shape index (κ2) is 9.65. The molecule has 0 aromatic heterocycles. The van der Waals surface area contributed by atoms with Gasteiger partial charge >= 0.3 is 0 Å². The minimum Gasteiger partial charge on any atom is -0.497 e. The van der Waals surface area contributed by atoms with Crippen molar-refractivity contribution < 1.29 is 9.53 Å². The molecule has 3 aromatic rings. The average Bonchev–Trinajstić information content (AvgIpc) is 3.26. The Morgan fingerprint density at radius 3 is 2.26 bits per heavy atom. The Bertz CT molecular complexity index is 1250. The summed E-state index contributed by atoms with van der Waals surface area (Å²) < 4.78 is 5.25. The van der Waals surface area contributed by atoms with Gasteiger partial charge in [0.2, 0.25) is 0 Å². The van der Waals surface area contributed by atoms with E-state index in [0.717, 1.165) is 36.1 Å². The molecule has 0 spiro atoms. The number of amides is 1. The van der Waals surface area contributed by atoms with Crippen LogP contribution in [-0.4, -0.2) is 23.7 Å². The molecule has 3 aromatic carbocycles. The summed E-state index contributed by atoms with van der Waals surface area (Å²) >= 11 is 12.2. The van der Waals surface area contributed by atoms with Crippen LogP contribution in [0.2, 0.25) is 10.0 Å². The molecule has 1 aliphatic carbocycles. The molecule has 1 heterocycles. The number of ether oxygens (including phenoxy) is 1. The maximum absolute atomic E-state index is 13.7. The van der Waals surface area contributed by atoms with Gasteiger partial charge in [-0.15, -0.1) is 0 Å². The van der Waals surface area contributed by atoms with Crippen LogP contribution in [0.3, 0.4) is 0 Å². The lowest BCUT2D eigenvalue weighted by atomic mass is 9.77. The number of nitrogens with zero attached hydrogens (tertiary/aromatic N) is 2. The molecule has 5 rings (SSSR count). The number of hydrogen-bond acceptors (Lipinski definition) is 3. The average molecular weight is 491 g/mol. The molecule has 6 heteroatoms. The Morgan fingerprint density at radius 1 is 0.971 bits per heavy atom. The van der Waals surface area contributed by atoms with E-state index in [1.807, 2.05) is 48.5 Å². The van der Waals surface area contributed by atoms with E-state index < -0.39 is 0 Å². The predicted molar refractivity (Wildman–Crippen MR) is 138 cm³/mol. The number of carbonyl (C=O) groups excluding carboxylic acids is 1. The number of halogens is 2. The normalized spacial score (nSPS) is 20.7. The molecular weight excluding hydrogens is 467 g/mol. The third-order valence-electron chi connectivity index (χ3n) is 6.47. The quantitative estimate of drug-likeness (QED) is 0.381. The van der Waals surface area contributed by atoms with E-state index in [2.05, 4.69) is 6.08 Å². The molecule has 0 N–H and O–H groups in total. The first-order valence-electron chi connectivity index (χ1n) is 11.3. The van der Waals surface area contributed by atoms with Gasteiger partial charge in [-0.3, -0.25) is 4.79 Å². The highest BCUT2D eigenvalue weighted by molar-refractivity contribution is 6.30. The highest BCUT2D eigenvalue weighted by Crippen LogP contribution is 2.45. The highest BCUT2D eigenvalue weighted by atomic mass is 35.5. The first kappa shape index (κ1) is 22.7. The first-order chi connectivity index (χ1) is 16.5. The van der Waals surface area contributed by atoms with Crippen molar-refractivity contribution in [2.75, 3.05) is 7.11 Å². The van der Waals surface area contributed by atoms with Crippen LogP contribution in [0.15, 0.2) is 83.5 Å². The van der Waals surface area contributed by atoms with Crippen LogP contribution in [0.1, 0.15) is 46.8 Å². The monoisotopic (exact) mass is 490 g/mol. The topological polar surface area (TPSA) is 41.9 Å². The molecule has 1 fully saturated rings. The third kappa shape index (κ3) is 4.48. The zero-order valence-corrected chi connectivity index (χ0v) is 20.3. The Kier molecular flexibility index (Phi) is 6.44. The second-order valence-electron chi connectivity index (χ2n) is 8.58. The van der Waals surface area contributed by atoms with Crippen molar-refractivity contribution in [3.8, 4) is 5.75 Å². The summed E-state index contributed by atoms with van der Waals surface area (Å²) in [6.45, 7) is 0. The van der Waals surface area contributed by atoms with E-state index in [1.54, 1.807) is 36.4 Å². The van der Waals surface area contributed by atoms with E-state index >= 15 is 0 Å². The van der Waals surface area contributed by atoms with Crippen molar-refractivity contribution in [1.82, 2.24) is 5.01 Å². The first-order valence-corrected chi connectivity index (χ1v) is 12.1. The van der Waals surface area contributed by atoms with Crippen molar-refractivity contribution in [3.63, 3.8) is 0 Å². The van der Waals surface area contributed by atoms with Crippen LogP contribution < -0.4 is 4.74 Å². The Balaban J connectivity index is 1.56. The van der Waals surface area contributed by atoms with Crippen molar-refractivity contribution in [1.29, 1.82) is 0 Å². The van der Waals surface area contributed by atoms with Gasteiger partial charge in [0.15, 0.2) is 0 Å². The molecule has 34 heavy (non-hydrogen) atoms. The van der Waals surface area contributed by atoms with E-state index in [0.29, 0.717) is 21.4 Å². The zero-order chi connectivity index (χ0) is 23.7. The summed E-state index contributed by atoms with van der Waals surface area (Å²) in [6.07, 6.45) is 5.10. The summed E-state index contributed by atoms with van der Waals surface area (Å²) in [4.78, 5) is 13.7. The second-order valence-corrected chi connectivity index (χ2v) is 9.45. The van der Waals surface area contributed by atoms with Gasteiger partial charge in [0.05, 0.1) is 18.9 Å². The summed E-state index contributed by atoms with van der Waals surface area (Å²) in [5.74, 6) is 0.700. The molecule has 2 aliphatic rings. The molecule has 1 aliphatic heterocycles. The van der Waals surface area contributed by atoms with Gasteiger partial charge in [-0.2, -0.15) is 5.10 Å². The number of hydrazone groups is 1. The standard InChI is InChI=1S/C28H24Cl2N2O2/c1-34-24-15-9-20(10-16-24)28(33)32-27(19-7-13-23(30)14-8-19)25-4-2-3-21(26(25)31-32)17-18-5-11-22(29)12-6-18/h5-17,25,27H,2-4H2,1H3/b21-17+. The number of hydrogen-bond donors (Lipinski definition) is 0. The largest absolute Gasteiger partial charge is 0.497 e. The molecule has 4 nitrogen and oxygen atoms in total. The van der Waals surface area contributed by atoms with Gasteiger partial charge in [-0.05, 0) is 90.6 Å². The van der Waals surface area contributed by atoms with Crippen LogP contribution >= 0.6 is 23.2 Å². The molecule has 0 bridgehead atoms. The molecule has 0 saturated heterocycles. The molecule has 2 unspecified atom stereocenters. The van der Waals surface area contributed by atoms with Crippen LogP contribution in [-0.2, 0) is 0 Å². The minimum absolute atomic E-state index is 0.121. The van der Waals surface area contributed by atoms with Crippen LogP contribution in [0, 0.1) is 5.92 Å². The van der Waals surface area contributed by atoms with E-state index in [1.165, 1.54) is 5.57 Å². The Hall–Kier alpha value is -3.08. The third-order valence-corrected chi connectivity index (χ3v) is 6.97. The fourth-order valence-electron chi connectivity index (χ4n) is 4.79. The molecule has 0 radical (unpaired) electrons. The summed E-state index contributed by atoms with van der Waals surface area (Å²) in [5, 5.41) is 7.98. The highest BCUT2D eigenvalue weighted by Gasteiger charge is 2.43. The Labute approximate surface area is 209 Å². The number of fused-ring (bicyclic) bond motifs is 1. The Morgan fingerprint density at radius 2 is 1.62 bits per heavy atom. The maximum atomic E-state index is 13.7. The number of benzene rings is 3. The van der Waals surface area contributed by atoms with Crippen molar-refractivity contribution >= 4 is 40.9 Å². The lowest BCUT2D eigenvalue weighted by Crippen LogP contribution is -2.31. The van der Waals surface area contributed by atoms with E-state index in [-0.39, 0.29) is 17.9 Å². The molecule has 2 atom stereocenters. The lowest BCUT2D eigenvalue weighted by Gasteiger charge is -2.29. The maximum Gasteiger partial charge on any atom is 0.274 e. The fraction of sp³-hybridized carbons (Fsp3) is 0.214. The fourth-order valence-corrected chi connectivity index (χ4v) is 5.04. The van der Waals surface area contributed by atoms with Gasteiger partial charge in [-0.1, -0.05) is 47.5 Å². The van der Waals surface area contributed by atoms with Crippen LogP contribution in [0.4, 0.5) is 0 Å². The molecular formula is C28H24Cl2N2O2. The van der Waals surface area contributed by atoms with Gasteiger partial charge < -0.3 is 4.74 Å². The lowest BCUT2D eigenvalue weighted by molar-refractivity contribution is 0.0681. The van der Waals surface area contributed by atoms with E-state index in [4.69, 9.17) is 33.0 Å². The molecule has 1 saturated carbocycles. The van der Waals surface area contributed by atoms with Crippen molar-refractivity contribution in [3.05, 3.63) is 105 Å². The van der Waals surface area contributed by atoms with Crippen molar-refractivity contribution in [2.45, 2.75) is 25.3 Å². The summed E-state index contributed by atoms with van der Waals surface area (Å²) in [7, 11) is 1.61. The SMILES string of the molecule is COc1ccc(C(=O)N2N=C3/C(=C/c4ccc(Cl)cc4)CCCC3C2c2ccc(Cl)cc2)cc1. The van der Waals surface area contributed by atoms with Gasteiger partial charge in [0.25, 0.3) is 5.91 Å². The summed E-state index contributed by atoms with van der Waals surface area (Å²) in [6, 6.07) is 22.5. The zero-order valence-electron chi connectivity index (χ0n) is 18.7. The molecule has 172 valence electrons. The predicted octanol–water partition coefficient (Wildman–Crippen LogP) is 7.44. The smallest absolute Gasteiger partial charge is 0.274 e. The number of methoxy groups -OCH3 is 1. The number of allylic oxidation sites excluding steroid dienone is 1. The van der Waals surface area contributed by atoms with Crippen LogP contribution in [0.25, 0.3) is 6.08 Å². The number of rotatable bonds is 4. The van der Waals surface area contributed by atoms with Gasteiger partial charge in [0.1, 0.15) is 5.75 Å². The summed E-state index contributed by atoms with van der Waals surface area (Å²) in [5.41, 5.74) is 4.84. The van der Waals surface area contributed by atoms with Crippen molar-refractivity contribution in [2.24, 2.45) is 11.0 Å². The van der Waals surface area contributed by atoms with Gasteiger partial charge in [0, 0.05) is 21.5 Å². The van der Waals surface area contributed by atoms with E-state index in [9.17, 15) is 4.79 Å². The molecule has 1 amide bonds. The van der Waals surface area contributed by atoms with Gasteiger partial charge in [-0.25, -0.2) is 5.01 Å².